The van der Waals surface area contributed by atoms with Crippen molar-refractivity contribution in [2.24, 2.45) is 0 Å². The minimum absolute atomic E-state index is 0.130. The zero-order valence-corrected chi connectivity index (χ0v) is 17.4. The summed E-state index contributed by atoms with van der Waals surface area (Å²) in [5.74, 6) is -1.34. The smallest absolute Gasteiger partial charge is 0.289 e. The summed E-state index contributed by atoms with van der Waals surface area (Å²) >= 11 is 11.9. The summed E-state index contributed by atoms with van der Waals surface area (Å²) in [6, 6.07) is 9.33. The number of rotatable bonds is 9. The van der Waals surface area contributed by atoms with Gasteiger partial charge in [0.1, 0.15) is 0 Å². The third-order valence-corrected chi connectivity index (χ3v) is 5.56. The van der Waals surface area contributed by atoms with Crippen molar-refractivity contribution in [2.45, 2.75) is 25.8 Å². The second-order valence-corrected chi connectivity index (χ2v) is 7.75. The Bertz CT molecular complexity index is 910. The van der Waals surface area contributed by atoms with Gasteiger partial charge in [0.25, 0.3) is 11.8 Å². The van der Waals surface area contributed by atoms with Crippen LogP contribution in [0.25, 0.3) is 0 Å². The lowest BCUT2D eigenvalue weighted by Crippen LogP contribution is -2.31. The third kappa shape index (κ3) is 5.55. The Kier molecular flexibility index (Phi) is 7.23. The molecule has 29 heavy (non-hydrogen) atoms. The molecule has 1 aromatic carbocycles. The highest BCUT2D eigenvalue weighted by molar-refractivity contribution is 6.42. The van der Waals surface area contributed by atoms with Gasteiger partial charge in [0.2, 0.25) is 0 Å². The maximum atomic E-state index is 12.4. The van der Waals surface area contributed by atoms with Gasteiger partial charge in [-0.25, -0.2) is 0 Å². The first-order valence-corrected chi connectivity index (χ1v) is 10.3. The normalized spacial score (nSPS) is 14.0. The van der Waals surface area contributed by atoms with E-state index in [-0.39, 0.29) is 12.1 Å². The Hall–Kier alpha value is -2.44. The van der Waals surface area contributed by atoms with E-state index in [1.807, 2.05) is 35.2 Å². The topological polar surface area (TPSA) is 74.6 Å². The number of hydrogen-bond donors (Lipinski definition) is 2. The number of halogens is 2. The minimum atomic E-state index is -0.488. The predicted octanol–water partition coefficient (Wildman–Crippen LogP) is 3.59. The molecule has 0 atom stereocenters. The first kappa shape index (κ1) is 21.3. The van der Waals surface area contributed by atoms with E-state index in [9.17, 15) is 14.7 Å². The molecule has 1 aliphatic heterocycles. The quantitative estimate of drug-likeness (QED) is 0.590. The van der Waals surface area contributed by atoms with E-state index in [4.69, 9.17) is 23.2 Å². The van der Waals surface area contributed by atoms with Gasteiger partial charge in [-0.15, -0.1) is 0 Å². The number of carbonyl (C=O) groups is 2. The molecular weight excluding hydrogens is 413 g/mol. The second-order valence-electron chi connectivity index (χ2n) is 6.94. The average molecular weight is 436 g/mol. The van der Waals surface area contributed by atoms with Crippen molar-refractivity contribution in [2.75, 3.05) is 19.6 Å². The van der Waals surface area contributed by atoms with Crippen LogP contribution >= 0.6 is 23.2 Å². The molecule has 154 valence electrons. The van der Waals surface area contributed by atoms with Crippen LogP contribution in [-0.4, -0.2) is 46.0 Å². The lowest BCUT2D eigenvalue weighted by atomic mass is 10.1. The molecule has 0 unspecified atom stereocenters. The third-order valence-electron chi connectivity index (χ3n) is 4.82. The predicted molar refractivity (Wildman–Crippen MR) is 113 cm³/mol. The second kappa shape index (κ2) is 9.85. The maximum Gasteiger partial charge on any atom is 0.289 e. The van der Waals surface area contributed by atoms with Gasteiger partial charge in [-0.05, 0) is 49.1 Å². The molecule has 1 aliphatic rings. The first-order valence-electron chi connectivity index (χ1n) is 9.50. The molecule has 0 radical (unpaired) electrons. The SMILES string of the molecule is O=C(NCCCc1ccc(Cl)c(Cl)c1)C1=C(O)C(=O)N(CCCn2cccc2)C1. The number of aliphatic hydroxyl groups is 1. The molecule has 0 aliphatic carbocycles. The molecule has 2 aromatic rings. The van der Waals surface area contributed by atoms with Crippen LogP contribution in [0.1, 0.15) is 18.4 Å². The van der Waals surface area contributed by atoms with Crippen LogP contribution in [0, 0.1) is 0 Å². The van der Waals surface area contributed by atoms with Gasteiger partial charge in [-0.1, -0.05) is 29.3 Å². The van der Waals surface area contributed by atoms with Gasteiger partial charge < -0.3 is 19.9 Å². The van der Waals surface area contributed by atoms with Crippen LogP contribution in [0.15, 0.2) is 54.1 Å². The van der Waals surface area contributed by atoms with Crippen LogP contribution in [0.5, 0.6) is 0 Å². The summed E-state index contributed by atoms with van der Waals surface area (Å²) in [6.07, 6.45) is 6.09. The number of benzene rings is 1. The van der Waals surface area contributed by atoms with Crippen LogP contribution in [0.2, 0.25) is 10.0 Å². The highest BCUT2D eigenvalue weighted by atomic mass is 35.5. The number of nitrogens with one attached hydrogen (secondary N) is 1. The molecule has 2 N–H and O–H groups in total. The Morgan fingerprint density at radius 2 is 1.86 bits per heavy atom. The molecule has 3 rings (SSSR count). The number of aliphatic hydroxyl groups excluding tert-OH is 1. The highest BCUT2D eigenvalue weighted by Gasteiger charge is 2.33. The van der Waals surface area contributed by atoms with Gasteiger partial charge in [-0.2, -0.15) is 0 Å². The Morgan fingerprint density at radius 3 is 2.59 bits per heavy atom. The number of aromatic nitrogens is 1. The van der Waals surface area contributed by atoms with Crippen molar-refractivity contribution in [3.63, 3.8) is 0 Å². The zero-order chi connectivity index (χ0) is 20.8. The van der Waals surface area contributed by atoms with Gasteiger partial charge in [0.05, 0.1) is 22.2 Å². The van der Waals surface area contributed by atoms with E-state index < -0.39 is 17.6 Å². The molecule has 0 spiro atoms. The van der Waals surface area contributed by atoms with Crippen molar-refractivity contribution in [3.05, 3.63) is 69.7 Å². The van der Waals surface area contributed by atoms with Crippen LogP contribution in [0.4, 0.5) is 0 Å². The number of carbonyl (C=O) groups excluding carboxylic acids is 2. The lowest BCUT2D eigenvalue weighted by molar-refractivity contribution is -0.127. The zero-order valence-electron chi connectivity index (χ0n) is 15.9. The molecule has 1 aromatic heterocycles. The lowest BCUT2D eigenvalue weighted by Gasteiger charge is -2.16. The highest BCUT2D eigenvalue weighted by Crippen LogP contribution is 2.23. The summed E-state index contributed by atoms with van der Waals surface area (Å²) < 4.78 is 2.02. The molecular formula is C21H23Cl2N3O3. The fourth-order valence-corrected chi connectivity index (χ4v) is 3.56. The number of amides is 2. The molecule has 6 nitrogen and oxygen atoms in total. The van der Waals surface area contributed by atoms with Crippen molar-refractivity contribution < 1.29 is 14.7 Å². The summed E-state index contributed by atoms with van der Waals surface area (Å²) in [6.45, 7) is 1.82. The Morgan fingerprint density at radius 1 is 1.10 bits per heavy atom. The minimum Gasteiger partial charge on any atom is -0.503 e. The standard InChI is InChI=1S/C21H23Cl2N3O3/c22-17-7-6-15(13-18(17)23)5-3-8-24-20(28)16-14-26(21(29)19(16)27)12-4-11-25-9-1-2-10-25/h1-2,6-7,9-10,13,27H,3-5,8,11-12,14H2,(H,24,28). The van der Waals surface area contributed by atoms with E-state index in [1.165, 1.54) is 4.90 Å². The van der Waals surface area contributed by atoms with Gasteiger partial charge >= 0.3 is 0 Å². The van der Waals surface area contributed by atoms with Gasteiger partial charge in [0, 0.05) is 32.0 Å². The van der Waals surface area contributed by atoms with E-state index in [2.05, 4.69) is 5.32 Å². The number of hydrogen-bond acceptors (Lipinski definition) is 3. The monoisotopic (exact) mass is 435 g/mol. The van der Waals surface area contributed by atoms with Crippen molar-refractivity contribution in [1.82, 2.24) is 14.8 Å². The van der Waals surface area contributed by atoms with Gasteiger partial charge in [0.15, 0.2) is 5.76 Å². The van der Waals surface area contributed by atoms with E-state index in [0.29, 0.717) is 29.6 Å². The van der Waals surface area contributed by atoms with E-state index in [1.54, 1.807) is 12.1 Å². The Balaban J connectivity index is 1.42. The fraction of sp³-hybridized carbons (Fsp3) is 0.333. The molecule has 0 fully saturated rings. The maximum absolute atomic E-state index is 12.4. The van der Waals surface area contributed by atoms with Crippen molar-refractivity contribution in [3.8, 4) is 0 Å². The summed E-state index contributed by atoms with van der Waals surface area (Å²) in [5, 5.41) is 13.9. The first-order chi connectivity index (χ1) is 14.0. The molecule has 8 heteroatoms. The largest absolute Gasteiger partial charge is 0.503 e. The van der Waals surface area contributed by atoms with E-state index in [0.717, 1.165) is 24.9 Å². The molecule has 0 saturated carbocycles. The van der Waals surface area contributed by atoms with Crippen molar-refractivity contribution >= 4 is 35.0 Å². The summed E-state index contributed by atoms with van der Waals surface area (Å²) in [5.41, 5.74) is 1.16. The molecule has 0 bridgehead atoms. The van der Waals surface area contributed by atoms with Crippen molar-refractivity contribution in [1.29, 1.82) is 0 Å². The van der Waals surface area contributed by atoms with Gasteiger partial charge in [-0.3, -0.25) is 9.59 Å². The molecule has 2 heterocycles. The molecule has 2 amide bonds. The Labute approximate surface area is 179 Å². The summed E-state index contributed by atoms with van der Waals surface area (Å²) in [7, 11) is 0. The average Bonchev–Trinajstić information content (AvgIpc) is 3.31. The van der Waals surface area contributed by atoms with Crippen LogP contribution < -0.4 is 5.32 Å². The molecule has 0 saturated heterocycles. The van der Waals surface area contributed by atoms with E-state index >= 15 is 0 Å². The summed E-state index contributed by atoms with van der Waals surface area (Å²) in [4.78, 5) is 26.1. The fourth-order valence-electron chi connectivity index (χ4n) is 3.24. The van der Waals surface area contributed by atoms with Crippen LogP contribution in [-0.2, 0) is 22.6 Å². The number of aryl methyl sites for hydroxylation is 2. The van der Waals surface area contributed by atoms with Crippen LogP contribution in [0.3, 0.4) is 0 Å². The number of nitrogens with zero attached hydrogens (tertiary/aromatic N) is 2.